The van der Waals surface area contributed by atoms with Crippen LogP contribution in [0.2, 0.25) is 0 Å². The number of benzene rings is 2. The Balaban J connectivity index is 1.27. The number of rotatable bonds is 8. The molecule has 7 heteroatoms. The molecule has 0 amide bonds. The first-order chi connectivity index (χ1) is 14.7. The number of methoxy groups -OCH3 is 2. The Morgan fingerprint density at radius 1 is 0.967 bits per heavy atom. The van der Waals surface area contributed by atoms with Gasteiger partial charge in [-0.3, -0.25) is 9.69 Å². The highest BCUT2D eigenvalue weighted by Crippen LogP contribution is 2.33. The molecule has 7 nitrogen and oxygen atoms in total. The van der Waals surface area contributed by atoms with Crippen molar-refractivity contribution in [3.8, 4) is 11.5 Å². The van der Waals surface area contributed by atoms with Crippen LogP contribution in [-0.2, 0) is 19.5 Å². The summed E-state index contributed by atoms with van der Waals surface area (Å²) in [5.41, 5.74) is 3.26. The van der Waals surface area contributed by atoms with Crippen LogP contribution >= 0.6 is 0 Å². The lowest BCUT2D eigenvalue weighted by molar-refractivity contribution is 0.246. The van der Waals surface area contributed by atoms with Crippen molar-refractivity contribution in [3.05, 3.63) is 57.9 Å². The lowest BCUT2D eigenvalue weighted by atomic mass is 9.98. The van der Waals surface area contributed by atoms with Gasteiger partial charge < -0.3 is 9.47 Å². The molecule has 3 aromatic rings. The zero-order valence-corrected chi connectivity index (χ0v) is 17.6. The van der Waals surface area contributed by atoms with Crippen LogP contribution in [0.15, 0.2) is 41.2 Å². The summed E-state index contributed by atoms with van der Waals surface area (Å²) in [6.45, 7) is 3.64. The lowest BCUT2D eigenvalue weighted by Gasteiger charge is -2.29. The quantitative estimate of drug-likeness (QED) is 0.534. The first-order valence-electron chi connectivity index (χ1n) is 10.5. The molecule has 0 atom stereocenters. The minimum absolute atomic E-state index is 0.0578. The van der Waals surface area contributed by atoms with E-state index in [9.17, 15) is 4.79 Å². The molecule has 0 radical (unpaired) electrons. The van der Waals surface area contributed by atoms with Crippen molar-refractivity contribution < 1.29 is 9.47 Å². The molecule has 1 aliphatic heterocycles. The molecule has 1 aliphatic rings. The van der Waals surface area contributed by atoms with E-state index in [1.165, 1.54) is 15.8 Å². The van der Waals surface area contributed by atoms with Gasteiger partial charge >= 0.3 is 0 Å². The first-order valence-corrected chi connectivity index (χ1v) is 10.5. The Kier molecular flexibility index (Phi) is 6.28. The average Bonchev–Trinajstić information content (AvgIpc) is 2.79. The summed E-state index contributed by atoms with van der Waals surface area (Å²) in [4.78, 5) is 15.0. The summed E-state index contributed by atoms with van der Waals surface area (Å²) < 4.78 is 12.3. The minimum Gasteiger partial charge on any atom is -0.493 e. The molecule has 158 valence electrons. The highest BCUT2D eigenvalue weighted by molar-refractivity contribution is 5.76. The minimum atomic E-state index is -0.0578. The third-order valence-corrected chi connectivity index (χ3v) is 5.77. The van der Waals surface area contributed by atoms with E-state index in [2.05, 4.69) is 27.3 Å². The lowest BCUT2D eigenvalue weighted by Crippen LogP contribution is -2.31. The molecule has 2 heterocycles. The molecule has 0 saturated heterocycles. The molecule has 0 saturated carbocycles. The Labute approximate surface area is 176 Å². The second-order valence-electron chi connectivity index (χ2n) is 7.70. The normalized spacial score (nSPS) is 13.9. The number of unbranched alkanes of at least 4 members (excludes halogenated alkanes) is 2. The second-order valence-corrected chi connectivity index (χ2v) is 7.70. The van der Waals surface area contributed by atoms with Gasteiger partial charge in [0.1, 0.15) is 5.52 Å². The third-order valence-electron chi connectivity index (χ3n) is 5.77. The topological polar surface area (TPSA) is 69.5 Å². The fourth-order valence-electron chi connectivity index (χ4n) is 4.08. The number of ether oxygens (including phenoxy) is 2. The highest BCUT2D eigenvalue weighted by atomic mass is 16.5. The number of hydrogen-bond acceptors (Lipinski definition) is 6. The number of nitrogens with zero attached hydrogens (tertiary/aromatic N) is 4. The van der Waals surface area contributed by atoms with Crippen LogP contribution in [-0.4, -0.2) is 47.2 Å². The zero-order chi connectivity index (χ0) is 20.9. The predicted octanol–water partition coefficient (Wildman–Crippen LogP) is 3.04. The van der Waals surface area contributed by atoms with Gasteiger partial charge in [0.2, 0.25) is 0 Å². The monoisotopic (exact) mass is 408 g/mol. The SMILES string of the molecule is COc1cc2c(cc1OC)CN(CCCCCn1nnc3ccccc3c1=O)CC2. The van der Waals surface area contributed by atoms with Gasteiger partial charge in [0.15, 0.2) is 11.5 Å². The van der Waals surface area contributed by atoms with Crippen LogP contribution < -0.4 is 15.0 Å². The number of fused-ring (bicyclic) bond motifs is 2. The van der Waals surface area contributed by atoms with Crippen LogP contribution in [0.3, 0.4) is 0 Å². The Morgan fingerprint density at radius 2 is 1.70 bits per heavy atom. The van der Waals surface area contributed by atoms with E-state index in [1.807, 2.05) is 24.3 Å². The predicted molar refractivity (Wildman–Crippen MR) is 116 cm³/mol. The van der Waals surface area contributed by atoms with Crippen molar-refractivity contribution in [3.63, 3.8) is 0 Å². The van der Waals surface area contributed by atoms with E-state index >= 15 is 0 Å². The molecular formula is C23H28N4O3. The van der Waals surface area contributed by atoms with E-state index in [-0.39, 0.29) is 5.56 Å². The third kappa shape index (κ3) is 4.31. The molecule has 4 rings (SSSR count). The van der Waals surface area contributed by atoms with Gasteiger partial charge in [0.25, 0.3) is 5.56 Å². The maximum Gasteiger partial charge on any atom is 0.277 e. The van der Waals surface area contributed by atoms with E-state index in [0.717, 1.165) is 56.8 Å². The van der Waals surface area contributed by atoms with Gasteiger partial charge in [-0.2, -0.15) is 0 Å². The summed E-state index contributed by atoms with van der Waals surface area (Å²) in [7, 11) is 3.35. The van der Waals surface area contributed by atoms with Crippen molar-refractivity contribution in [2.75, 3.05) is 27.3 Å². The number of hydrogen-bond donors (Lipinski definition) is 0. The van der Waals surface area contributed by atoms with Gasteiger partial charge in [0.05, 0.1) is 19.6 Å². The van der Waals surface area contributed by atoms with E-state index in [1.54, 1.807) is 14.2 Å². The summed E-state index contributed by atoms with van der Waals surface area (Å²) in [6.07, 6.45) is 4.09. The standard InChI is InChI=1S/C23H28N4O3/c1-29-21-14-17-10-13-26(16-18(17)15-22(21)30-2)11-6-3-7-12-27-23(28)19-8-4-5-9-20(19)24-25-27/h4-5,8-9,14-15H,3,6-7,10-13,16H2,1-2H3. The van der Waals surface area contributed by atoms with Crippen LogP contribution in [0.25, 0.3) is 10.9 Å². The van der Waals surface area contributed by atoms with Crippen LogP contribution in [0.4, 0.5) is 0 Å². The molecule has 1 aromatic heterocycles. The van der Waals surface area contributed by atoms with Crippen LogP contribution in [0.1, 0.15) is 30.4 Å². The van der Waals surface area contributed by atoms with Crippen LogP contribution in [0.5, 0.6) is 11.5 Å². The van der Waals surface area contributed by atoms with Crippen molar-refractivity contribution in [1.29, 1.82) is 0 Å². The van der Waals surface area contributed by atoms with Crippen molar-refractivity contribution >= 4 is 10.9 Å². The second kappa shape index (κ2) is 9.26. The van der Waals surface area contributed by atoms with Gasteiger partial charge in [-0.25, -0.2) is 4.68 Å². The van der Waals surface area contributed by atoms with Gasteiger partial charge in [0, 0.05) is 19.6 Å². The Bertz CT molecular complexity index is 1080. The molecule has 0 spiro atoms. The number of aromatic nitrogens is 3. The fourth-order valence-corrected chi connectivity index (χ4v) is 4.08. The smallest absolute Gasteiger partial charge is 0.277 e. The molecular weight excluding hydrogens is 380 g/mol. The Hall–Kier alpha value is -2.93. The number of aryl methyl sites for hydroxylation is 1. The molecule has 0 fully saturated rings. The summed E-state index contributed by atoms with van der Waals surface area (Å²) in [6, 6.07) is 11.6. The Morgan fingerprint density at radius 3 is 2.50 bits per heavy atom. The summed E-state index contributed by atoms with van der Waals surface area (Å²) in [5, 5.41) is 8.85. The first kappa shape index (κ1) is 20.3. The van der Waals surface area contributed by atoms with Crippen molar-refractivity contribution in [2.45, 2.75) is 38.8 Å². The van der Waals surface area contributed by atoms with Gasteiger partial charge in [-0.15, -0.1) is 5.10 Å². The van der Waals surface area contributed by atoms with E-state index in [0.29, 0.717) is 17.4 Å². The largest absolute Gasteiger partial charge is 0.493 e. The summed E-state index contributed by atoms with van der Waals surface area (Å²) >= 11 is 0. The van der Waals surface area contributed by atoms with Crippen molar-refractivity contribution in [1.82, 2.24) is 19.9 Å². The molecule has 0 unspecified atom stereocenters. The molecule has 0 aliphatic carbocycles. The van der Waals surface area contributed by atoms with Crippen molar-refractivity contribution in [2.24, 2.45) is 0 Å². The molecule has 0 bridgehead atoms. The molecule has 0 N–H and O–H groups in total. The van der Waals surface area contributed by atoms with E-state index in [4.69, 9.17) is 9.47 Å². The highest BCUT2D eigenvalue weighted by Gasteiger charge is 2.19. The maximum absolute atomic E-state index is 12.5. The van der Waals surface area contributed by atoms with Crippen LogP contribution in [0, 0.1) is 0 Å². The molecule has 2 aromatic carbocycles. The summed E-state index contributed by atoms with van der Waals surface area (Å²) in [5.74, 6) is 1.59. The zero-order valence-electron chi connectivity index (χ0n) is 17.6. The van der Waals surface area contributed by atoms with Gasteiger partial charge in [-0.1, -0.05) is 23.8 Å². The van der Waals surface area contributed by atoms with E-state index < -0.39 is 0 Å². The van der Waals surface area contributed by atoms with Gasteiger partial charge in [-0.05, 0) is 61.2 Å². The average molecular weight is 409 g/mol. The molecule has 30 heavy (non-hydrogen) atoms. The fraction of sp³-hybridized carbons (Fsp3) is 0.435. The maximum atomic E-state index is 12.5.